The van der Waals surface area contributed by atoms with E-state index >= 15 is 0 Å². The van der Waals surface area contributed by atoms with Crippen molar-refractivity contribution in [3.63, 3.8) is 0 Å². The van der Waals surface area contributed by atoms with Crippen LogP contribution in [0.5, 0.6) is 11.5 Å². The highest BCUT2D eigenvalue weighted by atomic mass is 35.5. The van der Waals surface area contributed by atoms with Gasteiger partial charge in [0.2, 0.25) is 0 Å². The van der Waals surface area contributed by atoms with Gasteiger partial charge in [0.15, 0.2) is 16.5 Å². The van der Waals surface area contributed by atoms with Gasteiger partial charge in [0.05, 0.1) is 39.7 Å². The second kappa shape index (κ2) is 11.2. The Balaban J connectivity index is 0.000000317. The Hall–Kier alpha value is -4.67. The predicted octanol–water partition coefficient (Wildman–Crippen LogP) is 4.42. The number of hydrogen-bond donors (Lipinski definition) is 3. The minimum atomic E-state index is -1.09. The first kappa shape index (κ1) is 26.4. The molecule has 192 valence electrons. The van der Waals surface area contributed by atoms with Crippen molar-refractivity contribution in [2.45, 2.75) is 0 Å². The molecule has 0 bridgehead atoms. The van der Waals surface area contributed by atoms with Gasteiger partial charge in [-0.3, -0.25) is 4.79 Å². The van der Waals surface area contributed by atoms with Crippen LogP contribution in [-0.2, 0) is 0 Å². The van der Waals surface area contributed by atoms with Gasteiger partial charge < -0.3 is 20.1 Å². The first-order valence-electron chi connectivity index (χ1n) is 10.9. The Bertz CT molecular complexity index is 1760. The highest BCUT2D eigenvalue weighted by Gasteiger charge is 2.18. The van der Waals surface area contributed by atoms with E-state index in [-0.39, 0.29) is 27.6 Å². The molecule has 38 heavy (non-hydrogen) atoms. The first-order chi connectivity index (χ1) is 18.2. The minimum Gasteiger partial charge on any atom is -0.503 e. The monoisotopic (exact) mass is 550 g/mol. The summed E-state index contributed by atoms with van der Waals surface area (Å²) in [5.41, 5.74) is 1.46. The maximum Gasteiger partial charge on any atom is 0.336 e. The summed E-state index contributed by atoms with van der Waals surface area (Å²) in [5, 5.41) is 27.8. The summed E-state index contributed by atoms with van der Waals surface area (Å²) < 4.78 is 6.86. The maximum atomic E-state index is 13.0. The normalized spacial score (nSPS) is 11.2. The Morgan fingerprint density at radius 2 is 1.71 bits per heavy atom. The average Bonchev–Trinajstić information content (AvgIpc) is 3.46. The van der Waals surface area contributed by atoms with Crippen LogP contribution in [0.1, 0.15) is 26.3 Å². The third-order valence-corrected chi connectivity index (χ3v) is 6.64. The predicted molar refractivity (Wildman–Crippen MR) is 144 cm³/mol. The van der Waals surface area contributed by atoms with Crippen LogP contribution in [0.2, 0.25) is 5.02 Å². The van der Waals surface area contributed by atoms with E-state index in [1.807, 2.05) is 0 Å². The van der Waals surface area contributed by atoms with Crippen molar-refractivity contribution in [2.24, 2.45) is 0 Å². The Morgan fingerprint density at radius 1 is 1.03 bits per heavy atom. The third kappa shape index (κ3) is 5.36. The van der Waals surface area contributed by atoms with Gasteiger partial charge in [-0.1, -0.05) is 59.3 Å². The van der Waals surface area contributed by atoms with E-state index in [4.69, 9.17) is 21.4 Å². The zero-order chi connectivity index (χ0) is 27.4. The number of imidazole rings is 1. The fraction of sp³-hybridized carbons (Fsp3) is 0.0370. The number of carboxylic acids is 2. The first-order valence-corrected chi connectivity index (χ1v) is 12.1. The Morgan fingerprint density at radius 3 is 2.34 bits per heavy atom. The van der Waals surface area contributed by atoms with Gasteiger partial charge in [-0.15, -0.1) is 0 Å². The molecule has 0 aliphatic carbocycles. The van der Waals surface area contributed by atoms with E-state index in [0.717, 1.165) is 11.3 Å². The standard InChI is InChI=1S/C20H13ClN2O5S.C7H6O2/c1-28-15-7-10(6-13(21)17(15)24)8-16-18(25)23-14(9-22-20(23)29-16)11-4-2-3-5-12(11)19(26)27;8-7(9)6-4-2-1-3-5-6/h2-9,24H,1H3,(H,26,27);1-5H,(H,8,9). The van der Waals surface area contributed by atoms with Crippen LogP contribution >= 0.6 is 22.9 Å². The number of halogens is 1. The Kier molecular flexibility index (Phi) is 7.75. The lowest BCUT2D eigenvalue weighted by Gasteiger charge is -2.05. The molecule has 11 heteroatoms. The molecule has 3 N–H and O–H groups in total. The van der Waals surface area contributed by atoms with Crippen LogP contribution < -0.4 is 14.8 Å². The number of aromatic hydroxyl groups is 1. The minimum absolute atomic E-state index is 0.0838. The molecule has 0 radical (unpaired) electrons. The molecule has 9 nitrogen and oxygen atoms in total. The van der Waals surface area contributed by atoms with Crippen molar-refractivity contribution in [1.82, 2.24) is 9.38 Å². The van der Waals surface area contributed by atoms with Crippen LogP contribution in [0.25, 0.3) is 22.3 Å². The molecule has 0 amide bonds. The summed E-state index contributed by atoms with van der Waals surface area (Å²) in [7, 11) is 1.40. The third-order valence-electron chi connectivity index (χ3n) is 5.37. The molecule has 5 rings (SSSR count). The number of benzene rings is 3. The van der Waals surface area contributed by atoms with Gasteiger partial charge >= 0.3 is 11.9 Å². The van der Waals surface area contributed by atoms with Crippen LogP contribution in [0.4, 0.5) is 0 Å². The number of ether oxygens (including phenoxy) is 1. The number of aromatic nitrogens is 2. The quantitative estimate of drug-likeness (QED) is 0.292. The number of fused-ring (bicyclic) bond motifs is 1. The van der Waals surface area contributed by atoms with E-state index < -0.39 is 11.9 Å². The lowest BCUT2D eigenvalue weighted by atomic mass is 10.1. The zero-order valence-corrected chi connectivity index (χ0v) is 21.2. The van der Waals surface area contributed by atoms with Gasteiger partial charge in [0.25, 0.3) is 5.56 Å². The van der Waals surface area contributed by atoms with Crippen molar-refractivity contribution in [3.05, 3.63) is 110 Å². The molecule has 0 aliphatic rings. The molecule has 0 unspecified atom stereocenters. The van der Waals surface area contributed by atoms with E-state index in [1.54, 1.807) is 60.7 Å². The summed E-state index contributed by atoms with van der Waals surface area (Å²) in [4.78, 5) is 39.5. The number of nitrogens with zero attached hydrogens (tertiary/aromatic N) is 2. The smallest absolute Gasteiger partial charge is 0.336 e. The van der Waals surface area contributed by atoms with Crippen LogP contribution in [0, 0.1) is 0 Å². The van der Waals surface area contributed by atoms with Crippen molar-refractivity contribution < 1.29 is 29.6 Å². The van der Waals surface area contributed by atoms with Gasteiger partial charge in [-0.05, 0) is 42.0 Å². The molecular weight excluding hydrogens is 532 g/mol. The number of rotatable bonds is 5. The number of phenols is 1. The molecular formula is C27H19ClN2O7S. The number of thiazole rings is 1. The van der Waals surface area contributed by atoms with E-state index in [0.29, 0.717) is 31.9 Å². The molecule has 2 heterocycles. The van der Waals surface area contributed by atoms with Crippen LogP contribution in [0.15, 0.2) is 77.7 Å². The number of phenolic OH excluding ortho intramolecular Hbond substituents is 1. The fourth-order valence-electron chi connectivity index (χ4n) is 3.59. The molecule has 0 atom stereocenters. The molecule has 0 fully saturated rings. The summed E-state index contributed by atoms with van der Waals surface area (Å²) in [6, 6.07) is 17.8. The molecule has 2 aromatic heterocycles. The van der Waals surface area contributed by atoms with E-state index in [2.05, 4.69) is 4.98 Å². The largest absolute Gasteiger partial charge is 0.503 e. The molecule has 0 saturated carbocycles. The SMILES string of the molecule is COc1cc(C=c2sc3ncc(-c4ccccc4C(=O)O)n3c2=O)cc(Cl)c1O.O=C(O)c1ccccc1. The maximum absolute atomic E-state index is 13.0. The van der Waals surface area contributed by atoms with Gasteiger partial charge in [0, 0.05) is 5.56 Å². The molecule has 0 saturated heterocycles. The lowest BCUT2D eigenvalue weighted by Crippen LogP contribution is -2.23. The number of carbonyl (C=O) groups is 2. The van der Waals surface area contributed by atoms with Crippen molar-refractivity contribution in [1.29, 1.82) is 0 Å². The molecule has 3 aromatic carbocycles. The van der Waals surface area contributed by atoms with E-state index in [9.17, 15) is 24.6 Å². The summed E-state index contributed by atoms with van der Waals surface area (Å²) in [6.45, 7) is 0. The second-order valence-electron chi connectivity index (χ2n) is 7.75. The molecule has 5 aromatic rings. The molecule has 0 aliphatic heterocycles. The fourth-order valence-corrected chi connectivity index (χ4v) is 4.76. The summed E-state index contributed by atoms with van der Waals surface area (Å²) >= 11 is 7.18. The van der Waals surface area contributed by atoms with E-state index in [1.165, 1.54) is 29.8 Å². The van der Waals surface area contributed by atoms with Crippen molar-refractivity contribution in [2.75, 3.05) is 7.11 Å². The highest BCUT2D eigenvalue weighted by Crippen LogP contribution is 2.35. The number of aromatic carboxylic acids is 2. The number of hydrogen-bond acceptors (Lipinski definition) is 7. The van der Waals surface area contributed by atoms with Crippen molar-refractivity contribution >= 4 is 45.9 Å². The highest BCUT2D eigenvalue weighted by molar-refractivity contribution is 7.15. The number of carboxylic acid groups (broad SMARTS) is 2. The van der Waals surface area contributed by atoms with Gasteiger partial charge in [-0.2, -0.15) is 0 Å². The van der Waals surface area contributed by atoms with Crippen LogP contribution in [0.3, 0.4) is 0 Å². The van der Waals surface area contributed by atoms with Crippen molar-refractivity contribution in [3.8, 4) is 22.8 Å². The zero-order valence-electron chi connectivity index (χ0n) is 19.7. The summed E-state index contributed by atoms with van der Waals surface area (Å²) in [5.74, 6) is -1.96. The van der Waals surface area contributed by atoms with Gasteiger partial charge in [-0.25, -0.2) is 19.0 Å². The molecule has 0 spiro atoms. The van der Waals surface area contributed by atoms with Gasteiger partial charge in [0.1, 0.15) is 0 Å². The summed E-state index contributed by atoms with van der Waals surface area (Å²) in [6.07, 6.45) is 3.10. The lowest BCUT2D eigenvalue weighted by molar-refractivity contribution is 0.0686. The second-order valence-corrected chi connectivity index (χ2v) is 9.17. The number of methoxy groups -OCH3 is 1. The topological polar surface area (TPSA) is 138 Å². The average molecular weight is 551 g/mol. The van der Waals surface area contributed by atoms with Crippen LogP contribution in [-0.4, -0.2) is 43.8 Å². The Labute approximate surface area is 224 Å².